The summed E-state index contributed by atoms with van der Waals surface area (Å²) < 4.78 is 50.5. The van der Waals surface area contributed by atoms with Gasteiger partial charge >= 0.3 is 10.1 Å². The third-order valence-corrected chi connectivity index (χ3v) is 4.23. The zero-order chi connectivity index (χ0) is 8.41. The molecule has 0 atom stereocenters. The van der Waals surface area contributed by atoms with E-state index in [-0.39, 0.29) is 5.75 Å². The SMILES string of the molecule is CCS(=O)(=O)CS([O])(=O)=O. The molecule has 1 radical (unpaired) electrons. The smallest absolute Gasteiger partial charge is 0.228 e. The van der Waals surface area contributed by atoms with E-state index >= 15 is 0 Å². The second-order valence-electron chi connectivity index (χ2n) is 1.71. The van der Waals surface area contributed by atoms with Crippen LogP contribution < -0.4 is 0 Å². The molecule has 0 aliphatic heterocycles. The molecule has 0 unspecified atom stereocenters. The van der Waals surface area contributed by atoms with Crippen molar-refractivity contribution < 1.29 is 21.4 Å². The average Bonchev–Trinajstić information content (AvgIpc) is 1.60. The Hall–Kier alpha value is -0.140. The van der Waals surface area contributed by atoms with Gasteiger partial charge in [0.2, 0.25) is 0 Å². The van der Waals surface area contributed by atoms with Crippen molar-refractivity contribution in [1.82, 2.24) is 0 Å². The van der Waals surface area contributed by atoms with Crippen molar-refractivity contribution in [1.29, 1.82) is 0 Å². The molecule has 0 aromatic rings. The fourth-order valence-electron chi connectivity index (χ4n) is 0.303. The van der Waals surface area contributed by atoms with E-state index in [9.17, 15) is 21.4 Å². The predicted molar refractivity (Wildman–Crippen MR) is 33.9 cm³/mol. The van der Waals surface area contributed by atoms with Crippen LogP contribution in [-0.4, -0.2) is 27.7 Å². The van der Waals surface area contributed by atoms with Crippen LogP contribution >= 0.6 is 0 Å². The molecule has 0 aliphatic rings. The van der Waals surface area contributed by atoms with Crippen molar-refractivity contribution in [3.8, 4) is 0 Å². The summed E-state index contributed by atoms with van der Waals surface area (Å²) in [6, 6.07) is 0. The predicted octanol–water partition coefficient (Wildman–Crippen LogP) is -0.861. The molecule has 0 N–H and O–H groups in total. The van der Waals surface area contributed by atoms with Crippen LogP contribution in [-0.2, 0) is 24.5 Å². The summed E-state index contributed by atoms with van der Waals surface area (Å²) >= 11 is 0. The molecule has 10 heavy (non-hydrogen) atoms. The van der Waals surface area contributed by atoms with Gasteiger partial charge in [0.05, 0.1) is 0 Å². The van der Waals surface area contributed by atoms with E-state index in [1.54, 1.807) is 0 Å². The van der Waals surface area contributed by atoms with Crippen molar-refractivity contribution in [3.63, 3.8) is 0 Å². The second-order valence-corrected chi connectivity index (χ2v) is 5.83. The standard InChI is InChI=1S/C3H7O5S2/c1-2-9(4,5)3-10(6,7)8/h2-3H2,1H3. The molecule has 5 nitrogen and oxygen atoms in total. The molecule has 0 heterocycles. The lowest BCUT2D eigenvalue weighted by Crippen LogP contribution is -2.15. The Balaban J connectivity index is 4.49. The van der Waals surface area contributed by atoms with Crippen LogP contribution in [0.4, 0.5) is 0 Å². The molecule has 7 heteroatoms. The molecule has 61 valence electrons. The Morgan fingerprint density at radius 3 is 1.60 bits per heavy atom. The third kappa shape index (κ3) is 4.71. The van der Waals surface area contributed by atoms with Gasteiger partial charge in [-0.1, -0.05) is 11.5 Å². The summed E-state index contributed by atoms with van der Waals surface area (Å²) in [6.07, 6.45) is 0. The van der Waals surface area contributed by atoms with Crippen molar-refractivity contribution in [2.45, 2.75) is 6.92 Å². The van der Waals surface area contributed by atoms with Crippen LogP contribution in [0.3, 0.4) is 0 Å². The highest BCUT2D eigenvalue weighted by molar-refractivity contribution is 8.05. The molecular weight excluding hydrogens is 180 g/mol. The van der Waals surface area contributed by atoms with Crippen LogP contribution in [0.2, 0.25) is 0 Å². The van der Waals surface area contributed by atoms with Gasteiger partial charge in [-0.2, -0.15) is 8.42 Å². The molecule has 0 aliphatic carbocycles. The van der Waals surface area contributed by atoms with E-state index in [4.69, 9.17) is 0 Å². The van der Waals surface area contributed by atoms with E-state index in [0.717, 1.165) is 0 Å². The summed E-state index contributed by atoms with van der Waals surface area (Å²) in [7, 11) is -8.31. The van der Waals surface area contributed by atoms with Crippen LogP contribution in [0, 0.1) is 0 Å². The minimum Gasteiger partial charge on any atom is -0.228 e. The zero-order valence-electron chi connectivity index (χ0n) is 5.27. The van der Waals surface area contributed by atoms with Crippen LogP contribution in [0.5, 0.6) is 0 Å². The number of hydrogen-bond acceptors (Lipinski definition) is 4. The van der Waals surface area contributed by atoms with E-state index in [1.165, 1.54) is 6.92 Å². The minimum atomic E-state index is -4.63. The maximum atomic E-state index is 10.4. The molecule has 0 saturated carbocycles. The van der Waals surface area contributed by atoms with Gasteiger partial charge in [-0.25, -0.2) is 8.42 Å². The van der Waals surface area contributed by atoms with Crippen molar-refractivity contribution in [2.24, 2.45) is 0 Å². The molecule has 0 aromatic carbocycles. The highest BCUT2D eigenvalue weighted by Crippen LogP contribution is 1.94. The maximum Gasteiger partial charge on any atom is 0.309 e. The molecule has 0 fully saturated rings. The van der Waals surface area contributed by atoms with Gasteiger partial charge in [-0.3, -0.25) is 0 Å². The van der Waals surface area contributed by atoms with Gasteiger partial charge in [0.25, 0.3) is 0 Å². The van der Waals surface area contributed by atoms with Gasteiger partial charge in [0.1, 0.15) is 0 Å². The van der Waals surface area contributed by atoms with E-state index < -0.39 is 25.0 Å². The Kier molecular flexibility index (Phi) is 2.81. The topological polar surface area (TPSA) is 88.2 Å². The Bertz CT molecular complexity index is 283. The molecule has 0 aromatic heterocycles. The van der Waals surface area contributed by atoms with Gasteiger partial charge in [0.15, 0.2) is 14.9 Å². The molecule has 0 rings (SSSR count). The number of rotatable bonds is 3. The lowest BCUT2D eigenvalue weighted by Gasteiger charge is -1.93. The summed E-state index contributed by atoms with van der Waals surface area (Å²) in [5.41, 5.74) is 0. The molecular formula is C3H7O5S2. The van der Waals surface area contributed by atoms with E-state index in [1.807, 2.05) is 0 Å². The first kappa shape index (κ1) is 9.86. The number of sulfone groups is 1. The first-order valence-corrected chi connectivity index (χ1v) is 5.81. The highest BCUT2D eigenvalue weighted by atomic mass is 32.3. The summed E-state index contributed by atoms with van der Waals surface area (Å²) in [5.74, 6) is -0.325. The van der Waals surface area contributed by atoms with Gasteiger partial charge in [-0.15, -0.1) is 0 Å². The Morgan fingerprint density at radius 2 is 1.50 bits per heavy atom. The van der Waals surface area contributed by atoms with Crippen LogP contribution in [0.25, 0.3) is 0 Å². The molecule has 0 bridgehead atoms. The lowest BCUT2D eigenvalue weighted by atomic mass is 11.0. The summed E-state index contributed by atoms with van der Waals surface area (Å²) in [5, 5.41) is -1.30. The second kappa shape index (κ2) is 2.85. The van der Waals surface area contributed by atoms with Crippen molar-refractivity contribution in [2.75, 3.05) is 10.8 Å². The zero-order valence-corrected chi connectivity index (χ0v) is 6.90. The first-order valence-electron chi connectivity index (χ1n) is 2.41. The van der Waals surface area contributed by atoms with Crippen molar-refractivity contribution >= 4 is 20.0 Å². The highest BCUT2D eigenvalue weighted by Gasteiger charge is 2.18. The van der Waals surface area contributed by atoms with E-state index in [2.05, 4.69) is 0 Å². The maximum absolute atomic E-state index is 10.4. The third-order valence-electron chi connectivity index (χ3n) is 0.764. The minimum absolute atomic E-state index is 0.325. The largest absolute Gasteiger partial charge is 0.309 e. The average molecular weight is 187 g/mol. The molecule has 0 saturated heterocycles. The Labute approximate surface area is 59.7 Å². The van der Waals surface area contributed by atoms with Crippen molar-refractivity contribution in [3.05, 3.63) is 0 Å². The summed E-state index contributed by atoms with van der Waals surface area (Å²) in [6.45, 7) is 1.28. The summed E-state index contributed by atoms with van der Waals surface area (Å²) in [4.78, 5) is 0. The van der Waals surface area contributed by atoms with Gasteiger partial charge in [-0.05, 0) is 0 Å². The lowest BCUT2D eigenvalue weighted by molar-refractivity contribution is 0.418. The van der Waals surface area contributed by atoms with E-state index in [0.29, 0.717) is 0 Å². The number of hydrogen-bond donors (Lipinski definition) is 0. The molecule has 0 amide bonds. The molecule has 0 spiro atoms. The van der Waals surface area contributed by atoms with Crippen LogP contribution in [0.1, 0.15) is 6.92 Å². The first-order chi connectivity index (χ1) is 4.27. The quantitative estimate of drug-likeness (QED) is 0.575. The van der Waals surface area contributed by atoms with Gasteiger partial charge in [0, 0.05) is 5.75 Å². The fraction of sp³-hybridized carbons (Fsp3) is 1.00. The van der Waals surface area contributed by atoms with Crippen LogP contribution in [0.15, 0.2) is 0 Å². The normalized spacial score (nSPS) is 13.4. The monoisotopic (exact) mass is 187 g/mol. The fourth-order valence-corrected chi connectivity index (χ4v) is 2.73. The Morgan fingerprint density at radius 1 is 1.10 bits per heavy atom. The van der Waals surface area contributed by atoms with Gasteiger partial charge < -0.3 is 0 Å².